The number of aromatic nitrogens is 2. The maximum atomic E-state index is 11.5. The highest BCUT2D eigenvalue weighted by Crippen LogP contribution is 2.28. The predicted molar refractivity (Wildman–Crippen MR) is 110 cm³/mol. The molecule has 0 aliphatic carbocycles. The minimum Gasteiger partial charge on any atom is -0.489 e. The number of hydrogen-bond donors (Lipinski definition) is 1. The van der Waals surface area contributed by atoms with Gasteiger partial charge in [-0.05, 0) is 47.5 Å². The van der Waals surface area contributed by atoms with Gasteiger partial charge in [-0.15, -0.1) is 4.74 Å². The summed E-state index contributed by atoms with van der Waals surface area (Å²) >= 11 is 1.71. The highest BCUT2D eigenvalue weighted by Gasteiger charge is 2.05. The third kappa shape index (κ3) is 5.08. The van der Waals surface area contributed by atoms with Crippen molar-refractivity contribution in [1.29, 1.82) is 0 Å². The van der Waals surface area contributed by atoms with E-state index in [2.05, 4.69) is 29.2 Å². The van der Waals surface area contributed by atoms with Gasteiger partial charge in [0.2, 0.25) is 0 Å². The molecule has 0 unspecified atom stereocenters. The van der Waals surface area contributed by atoms with Gasteiger partial charge in [0, 0.05) is 9.79 Å². The fraction of sp³-hybridized carbons (Fsp3) is 0.0909. The van der Waals surface area contributed by atoms with E-state index in [4.69, 9.17) is 9.26 Å². The third-order valence-corrected chi connectivity index (χ3v) is 5.16. The van der Waals surface area contributed by atoms with Crippen LogP contribution in [0, 0.1) is 0 Å². The largest absolute Gasteiger partial charge is 0.489 e. The Balaban J connectivity index is 1.36. The van der Waals surface area contributed by atoms with E-state index in [-0.39, 0.29) is 6.54 Å². The Bertz CT molecular complexity index is 1190. The van der Waals surface area contributed by atoms with Crippen LogP contribution in [0.1, 0.15) is 11.1 Å². The van der Waals surface area contributed by atoms with E-state index >= 15 is 0 Å². The first kappa shape index (κ1) is 18.9. The Morgan fingerprint density at radius 1 is 0.862 bits per heavy atom. The zero-order valence-electron chi connectivity index (χ0n) is 15.4. The Labute approximate surface area is 170 Å². The lowest BCUT2D eigenvalue weighted by Crippen LogP contribution is -2.17. The summed E-state index contributed by atoms with van der Waals surface area (Å²) < 4.78 is 11.6. The number of ether oxygens (including phenoxy) is 1. The van der Waals surface area contributed by atoms with Crippen molar-refractivity contribution in [2.75, 3.05) is 0 Å². The van der Waals surface area contributed by atoms with E-state index < -0.39 is 11.4 Å². The maximum absolute atomic E-state index is 11.5. The lowest BCUT2D eigenvalue weighted by Gasteiger charge is -2.09. The van der Waals surface area contributed by atoms with Crippen molar-refractivity contribution in [2.24, 2.45) is 0 Å². The highest BCUT2D eigenvalue weighted by atomic mass is 32.2. The van der Waals surface area contributed by atoms with Crippen molar-refractivity contribution >= 4 is 11.8 Å². The van der Waals surface area contributed by atoms with E-state index in [1.165, 1.54) is 4.90 Å². The summed E-state index contributed by atoms with van der Waals surface area (Å²) in [7, 11) is 0. The fourth-order valence-corrected chi connectivity index (χ4v) is 3.69. The number of nitrogens with zero attached hydrogens (tertiary/aromatic N) is 1. The SMILES string of the molecule is O=c1[nH]c(=O)n(Cc2ccc(OCc3cccc(Sc4ccccc4)c3)cc2)o1. The zero-order valence-corrected chi connectivity index (χ0v) is 16.2. The number of H-pyrrole nitrogens is 1. The monoisotopic (exact) mass is 406 g/mol. The van der Waals surface area contributed by atoms with Gasteiger partial charge in [0.05, 0.1) is 6.54 Å². The summed E-state index contributed by atoms with van der Waals surface area (Å²) in [5.74, 6) is -0.0413. The van der Waals surface area contributed by atoms with Gasteiger partial charge in [-0.2, -0.15) is 0 Å². The Morgan fingerprint density at radius 3 is 2.34 bits per heavy atom. The van der Waals surface area contributed by atoms with Crippen molar-refractivity contribution in [1.82, 2.24) is 9.72 Å². The second-order valence-corrected chi connectivity index (χ2v) is 7.49. The molecule has 4 aromatic rings. The van der Waals surface area contributed by atoms with Gasteiger partial charge in [-0.25, -0.2) is 14.6 Å². The summed E-state index contributed by atoms with van der Waals surface area (Å²) in [4.78, 5) is 26.9. The Hall–Kier alpha value is -3.45. The highest BCUT2D eigenvalue weighted by molar-refractivity contribution is 7.99. The topological polar surface area (TPSA) is 77.2 Å². The molecule has 0 saturated carbocycles. The van der Waals surface area contributed by atoms with E-state index in [0.717, 1.165) is 26.5 Å². The molecule has 0 amide bonds. The lowest BCUT2D eigenvalue weighted by atomic mass is 10.2. The molecule has 0 fully saturated rings. The van der Waals surface area contributed by atoms with E-state index in [1.807, 2.05) is 54.6 Å². The molecule has 0 aliphatic heterocycles. The standard InChI is InChI=1S/C22H18N2O4S/c25-21-23-22(26)28-24(21)14-16-9-11-18(12-10-16)27-15-17-5-4-8-20(13-17)29-19-6-2-1-3-7-19/h1-13H,14-15H2,(H,23,25,26). The fourth-order valence-electron chi connectivity index (χ4n) is 2.77. The van der Waals surface area contributed by atoms with Crippen LogP contribution in [0.15, 0.2) is 103 Å². The van der Waals surface area contributed by atoms with Crippen LogP contribution in [0.5, 0.6) is 5.75 Å². The van der Waals surface area contributed by atoms with Crippen LogP contribution in [0.4, 0.5) is 0 Å². The molecule has 0 spiro atoms. The normalized spacial score (nSPS) is 10.8. The molecule has 29 heavy (non-hydrogen) atoms. The third-order valence-electron chi connectivity index (χ3n) is 4.16. The van der Waals surface area contributed by atoms with Gasteiger partial charge in [-0.1, -0.05) is 54.2 Å². The number of rotatable bonds is 7. The second kappa shape index (κ2) is 8.70. The van der Waals surface area contributed by atoms with Crippen molar-refractivity contribution in [3.05, 3.63) is 111 Å². The van der Waals surface area contributed by atoms with E-state index in [1.54, 1.807) is 11.8 Å². The summed E-state index contributed by atoms with van der Waals surface area (Å²) in [6.45, 7) is 0.630. The van der Waals surface area contributed by atoms with Gasteiger partial charge in [0.1, 0.15) is 12.4 Å². The number of hydrogen-bond acceptors (Lipinski definition) is 5. The minimum absolute atomic E-state index is 0.177. The van der Waals surface area contributed by atoms with Crippen LogP contribution in [0.2, 0.25) is 0 Å². The quantitative estimate of drug-likeness (QED) is 0.504. The first-order valence-corrected chi connectivity index (χ1v) is 9.81. The molecule has 1 heterocycles. The van der Waals surface area contributed by atoms with Crippen LogP contribution in [0.25, 0.3) is 0 Å². The molecule has 146 valence electrons. The number of nitrogens with one attached hydrogen (secondary N) is 1. The van der Waals surface area contributed by atoms with Crippen molar-refractivity contribution in [3.8, 4) is 5.75 Å². The molecule has 3 aromatic carbocycles. The van der Waals surface area contributed by atoms with E-state index in [0.29, 0.717) is 6.61 Å². The van der Waals surface area contributed by atoms with Gasteiger partial charge in [-0.3, -0.25) is 0 Å². The molecule has 0 bridgehead atoms. The maximum Gasteiger partial charge on any atom is 0.440 e. The first-order chi connectivity index (χ1) is 14.2. The molecule has 0 atom stereocenters. The second-order valence-electron chi connectivity index (χ2n) is 6.34. The van der Waals surface area contributed by atoms with Crippen LogP contribution in [-0.2, 0) is 13.2 Å². The van der Waals surface area contributed by atoms with Gasteiger partial charge in [0.15, 0.2) is 0 Å². The number of benzene rings is 3. The molecular weight excluding hydrogens is 388 g/mol. The first-order valence-electron chi connectivity index (χ1n) is 9.00. The summed E-state index contributed by atoms with van der Waals surface area (Å²) in [6.07, 6.45) is 0. The molecule has 6 nitrogen and oxygen atoms in total. The smallest absolute Gasteiger partial charge is 0.440 e. The average Bonchev–Trinajstić information content (AvgIpc) is 3.05. The van der Waals surface area contributed by atoms with Crippen LogP contribution in [0.3, 0.4) is 0 Å². The zero-order chi connectivity index (χ0) is 20.1. The van der Waals surface area contributed by atoms with Gasteiger partial charge >= 0.3 is 11.4 Å². The summed E-state index contributed by atoms with van der Waals surface area (Å²) in [5.41, 5.74) is 1.34. The molecule has 4 rings (SSSR count). The molecule has 0 radical (unpaired) electrons. The van der Waals surface area contributed by atoms with Crippen LogP contribution < -0.4 is 16.2 Å². The Morgan fingerprint density at radius 2 is 1.62 bits per heavy atom. The average molecular weight is 406 g/mol. The van der Waals surface area contributed by atoms with Crippen LogP contribution >= 0.6 is 11.8 Å². The van der Waals surface area contributed by atoms with Crippen molar-refractivity contribution in [3.63, 3.8) is 0 Å². The number of aromatic amines is 1. The summed E-state index contributed by atoms with van der Waals surface area (Å²) in [6, 6.07) is 25.8. The summed E-state index contributed by atoms with van der Waals surface area (Å²) in [5, 5.41) is 0. The van der Waals surface area contributed by atoms with Gasteiger partial charge in [0.25, 0.3) is 0 Å². The van der Waals surface area contributed by atoms with Crippen molar-refractivity contribution < 1.29 is 9.26 Å². The van der Waals surface area contributed by atoms with E-state index in [9.17, 15) is 9.59 Å². The predicted octanol–water partition coefficient (Wildman–Crippen LogP) is 3.91. The van der Waals surface area contributed by atoms with Gasteiger partial charge < -0.3 is 9.26 Å². The lowest BCUT2D eigenvalue weighted by molar-refractivity contribution is 0.258. The molecule has 1 aromatic heterocycles. The molecule has 7 heteroatoms. The minimum atomic E-state index is -0.761. The van der Waals surface area contributed by atoms with Crippen molar-refractivity contribution in [2.45, 2.75) is 22.9 Å². The van der Waals surface area contributed by atoms with Crippen LogP contribution in [-0.4, -0.2) is 9.72 Å². The molecular formula is C22H18N2O4S. The Kier molecular flexibility index (Phi) is 5.67. The molecule has 0 aliphatic rings. The molecule has 0 saturated heterocycles. The molecule has 1 N–H and O–H groups in total.